The van der Waals surface area contributed by atoms with Gasteiger partial charge in [0.15, 0.2) is 5.82 Å². The van der Waals surface area contributed by atoms with Crippen molar-refractivity contribution in [3.05, 3.63) is 40.1 Å². The lowest BCUT2D eigenvalue weighted by Crippen LogP contribution is -2.08. The summed E-state index contributed by atoms with van der Waals surface area (Å²) in [6.07, 6.45) is 5.42. The average molecular weight is 348 g/mol. The van der Waals surface area contributed by atoms with Crippen LogP contribution in [-0.2, 0) is 5.41 Å². The second kappa shape index (κ2) is 4.90. The van der Waals surface area contributed by atoms with E-state index in [1.54, 1.807) is 23.7 Å². The molecule has 102 valence electrons. The molecule has 0 unspecified atom stereocenters. The van der Waals surface area contributed by atoms with Crippen LogP contribution in [0.25, 0.3) is 21.6 Å². The first-order chi connectivity index (χ1) is 9.47. The van der Waals surface area contributed by atoms with Crippen LogP contribution in [0.2, 0.25) is 0 Å². The van der Waals surface area contributed by atoms with Gasteiger partial charge in [-0.15, -0.1) is 11.3 Å². The summed E-state index contributed by atoms with van der Waals surface area (Å²) in [7, 11) is 0. The second-order valence-corrected chi connectivity index (χ2v) is 7.48. The highest BCUT2D eigenvalue weighted by Gasteiger charge is 2.23. The number of thiophene rings is 1. The monoisotopic (exact) mass is 347 g/mol. The van der Waals surface area contributed by atoms with Gasteiger partial charge in [-0.25, -0.2) is 9.97 Å². The highest BCUT2D eigenvalue weighted by molar-refractivity contribution is 9.10. The normalized spacial score (nSPS) is 12.0. The van der Waals surface area contributed by atoms with Crippen LogP contribution in [0, 0.1) is 0 Å². The lowest BCUT2D eigenvalue weighted by Gasteiger charge is -2.16. The first kappa shape index (κ1) is 13.6. The molecule has 3 nitrogen and oxygen atoms in total. The first-order valence-corrected chi connectivity index (χ1v) is 7.93. The minimum absolute atomic E-state index is 0.0982. The molecule has 0 saturated heterocycles. The van der Waals surface area contributed by atoms with Gasteiger partial charge in [0.25, 0.3) is 0 Å². The van der Waals surface area contributed by atoms with E-state index in [2.05, 4.69) is 46.7 Å². The van der Waals surface area contributed by atoms with Gasteiger partial charge in [-0.2, -0.15) is 0 Å². The van der Waals surface area contributed by atoms with Crippen molar-refractivity contribution in [1.29, 1.82) is 0 Å². The highest BCUT2D eigenvalue weighted by Crippen LogP contribution is 2.41. The molecule has 5 heteroatoms. The zero-order valence-corrected chi connectivity index (χ0v) is 13.9. The van der Waals surface area contributed by atoms with E-state index in [1.165, 1.54) is 4.88 Å². The predicted molar refractivity (Wildman–Crippen MR) is 87.0 cm³/mol. The van der Waals surface area contributed by atoms with Crippen molar-refractivity contribution in [2.24, 2.45) is 0 Å². The third-order valence-corrected chi connectivity index (χ3v) is 5.57. The molecule has 3 aromatic heterocycles. The van der Waals surface area contributed by atoms with Crippen LogP contribution >= 0.6 is 27.3 Å². The Morgan fingerprint density at radius 3 is 2.50 bits per heavy atom. The summed E-state index contributed by atoms with van der Waals surface area (Å²) < 4.78 is 2.20. The molecule has 0 aliphatic carbocycles. The van der Waals surface area contributed by atoms with Crippen molar-refractivity contribution < 1.29 is 0 Å². The molecular formula is C15H14BrN3S. The number of nitrogens with zero attached hydrogens (tertiary/aromatic N) is 3. The smallest absolute Gasteiger partial charge is 0.159 e. The molecule has 0 aliphatic rings. The van der Waals surface area contributed by atoms with Crippen LogP contribution < -0.4 is 0 Å². The molecule has 0 N–H and O–H groups in total. The second-order valence-electron chi connectivity index (χ2n) is 5.64. The number of aromatic nitrogens is 3. The van der Waals surface area contributed by atoms with Crippen molar-refractivity contribution >= 4 is 37.5 Å². The molecule has 0 radical (unpaired) electrons. The Morgan fingerprint density at radius 2 is 1.85 bits per heavy atom. The molecule has 0 fully saturated rings. The molecule has 0 aliphatic heterocycles. The summed E-state index contributed by atoms with van der Waals surface area (Å²) in [5, 5.41) is 0. The van der Waals surface area contributed by atoms with Crippen molar-refractivity contribution in [3.63, 3.8) is 0 Å². The van der Waals surface area contributed by atoms with Crippen LogP contribution in [0.3, 0.4) is 0 Å². The van der Waals surface area contributed by atoms with E-state index in [-0.39, 0.29) is 5.41 Å². The molecule has 0 bridgehead atoms. The van der Waals surface area contributed by atoms with Crippen molar-refractivity contribution in [2.75, 3.05) is 0 Å². The van der Waals surface area contributed by atoms with Crippen LogP contribution in [-0.4, -0.2) is 15.0 Å². The number of rotatable bonds is 1. The Kier molecular flexibility index (Phi) is 3.34. The van der Waals surface area contributed by atoms with Crippen molar-refractivity contribution in [1.82, 2.24) is 15.0 Å². The van der Waals surface area contributed by atoms with Gasteiger partial charge in [0.05, 0.1) is 14.7 Å². The topological polar surface area (TPSA) is 38.7 Å². The Hall–Kier alpha value is -1.33. The van der Waals surface area contributed by atoms with Gasteiger partial charge in [0.2, 0.25) is 0 Å². The van der Waals surface area contributed by atoms with Crippen LogP contribution in [0.15, 0.2) is 35.2 Å². The number of pyridine rings is 1. The summed E-state index contributed by atoms with van der Waals surface area (Å²) >= 11 is 5.45. The fourth-order valence-corrected chi connectivity index (χ4v) is 4.32. The average Bonchev–Trinajstić information content (AvgIpc) is 2.77. The maximum atomic E-state index is 4.70. The molecular weight excluding hydrogens is 334 g/mol. The van der Waals surface area contributed by atoms with Gasteiger partial charge < -0.3 is 0 Å². The Bertz CT molecular complexity index is 760. The highest BCUT2D eigenvalue weighted by atomic mass is 79.9. The van der Waals surface area contributed by atoms with Crippen LogP contribution in [0.1, 0.15) is 25.6 Å². The third kappa shape index (κ3) is 2.36. The maximum Gasteiger partial charge on any atom is 0.159 e. The quantitative estimate of drug-likeness (QED) is 0.633. The van der Waals surface area contributed by atoms with Crippen LogP contribution in [0.5, 0.6) is 0 Å². The largest absolute Gasteiger partial charge is 0.265 e. The van der Waals surface area contributed by atoms with E-state index in [1.807, 2.05) is 18.3 Å². The van der Waals surface area contributed by atoms with Gasteiger partial charge in [-0.3, -0.25) is 4.98 Å². The fraction of sp³-hybridized carbons (Fsp3) is 0.267. The third-order valence-electron chi connectivity index (χ3n) is 2.99. The minimum atomic E-state index is 0.0982. The molecule has 0 amide bonds. The van der Waals surface area contributed by atoms with Gasteiger partial charge in [-0.1, -0.05) is 20.8 Å². The van der Waals surface area contributed by atoms with E-state index in [9.17, 15) is 0 Å². The summed E-state index contributed by atoms with van der Waals surface area (Å²) in [5.41, 5.74) is 2.07. The SMILES string of the molecule is CC(C)(C)c1sc2cnc(-c3ccncc3)nc2c1Br. The zero-order chi connectivity index (χ0) is 14.3. The standard InChI is InChI=1S/C15H14BrN3S/c1-15(2,3)13-11(16)12-10(20-13)8-18-14(19-12)9-4-6-17-7-5-9/h4-8H,1-3H3. The van der Waals surface area contributed by atoms with E-state index in [4.69, 9.17) is 4.98 Å². The summed E-state index contributed by atoms with van der Waals surface area (Å²) in [6.45, 7) is 6.62. The van der Waals surface area contributed by atoms with Gasteiger partial charge in [0.1, 0.15) is 0 Å². The van der Waals surface area contributed by atoms with E-state index >= 15 is 0 Å². The number of hydrogen-bond donors (Lipinski definition) is 0. The fourth-order valence-electron chi connectivity index (χ4n) is 1.99. The zero-order valence-electron chi connectivity index (χ0n) is 11.5. The van der Waals surface area contributed by atoms with E-state index < -0.39 is 0 Å². The van der Waals surface area contributed by atoms with Gasteiger partial charge >= 0.3 is 0 Å². The Morgan fingerprint density at radius 1 is 1.15 bits per heavy atom. The lowest BCUT2D eigenvalue weighted by molar-refractivity contribution is 0.601. The van der Waals surface area contributed by atoms with Crippen LogP contribution in [0.4, 0.5) is 0 Å². The maximum absolute atomic E-state index is 4.70. The van der Waals surface area contributed by atoms with Gasteiger partial charge in [0, 0.05) is 29.0 Å². The number of hydrogen-bond acceptors (Lipinski definition) is 4. The minimum Gasteiger partial charge on any atom is -0.265 e. The summed E-state index contributed by atoms with van der Waals surface area (Å²) in [6, 6.07) is 3.85. The summed E-state index contributed by atoms with van der Waals surface area (Å²) in [4.78, 5) is 14.5. The number of fused-ring (bicyclic) bond motifs is 1. The molecule has 3 aromatic rings. The van der Waals surface area contributed by atoms with E-state index in [0.29, 0.717) is 0 Å². The van der Waals surface area contributed by atoms with Gasteiger partial charge in [-0.05, 0) is 33.5 Å². The lowest BCUT2D eigenvalue weighted by atomic mass is 9.95. The molecule has 0 saturated carbocycles. The molecule has 0 spiro atoms. The van der Waals surface area contributed by atoms with E-state index in [0.717, 1.165) is 26.1 Å². The van der Waals surface area contributed by atoms with Crippen molar-refractivity contribution in [3.8, 4) is 11.4 Å². The predicted octanol–water partition coefficient (Wildman–Crippen LogP) is 4.81. The number of halogens is 1. The molecule has 0 aromatic carbocycles. The first-order valence-electron chi connectivity index (χ1n) is 6.33. The summed E-state index contributed by atoms with van der Waals surface area (Å²) in [5.74, 6) is 0.735. The Labute approximate surface area is 130 Å². The van der Waals surface area contributed by atoms with Crippen molar-refractivity contribution in [2.45, 2.75) is 26.2 Å². The molecule has 3 rings (SSSR count). The molecule has 0 atom stereocenters. The molecule has 3 heterocycles. The molecule has 20 heavy (non-hydrogen) atoms. The Balaban J connectivity index is 2.19.